The maximum absolute atomic E-state index is 13.1. The van der Waals surface area contributed by atoms with Crippen LogP contribution in [0.5, 0.6) is 0 Å². The lowest BCUT2D eigenvalue weighted by Gasteiger charge is -2.34. The molecule has 0 aliphatic heterocycles. The summed E-state index contributed by atoms with van der Waals surface area (Å²) in [6.45, 7) is 0. The van der Waals surface area contributed by atoms with Crippen LogP contribution in [0.2, 0.25) is 0 Å². The summed E-state index contributed by atoms with van der Waals surface area (Å²) in [7, 11) is 0. The molecular weight excluding hydrogens is 337 g/mol. The molecule has 1 aliphatic rings. The summed E-state index contributed by atoms with van der Waals surface area (Å²) in [5, 5.41) is 21.0. The third-order valence-electron chi connectivity index (χ3n) is 3.62. The Morgan fingerprint density at radius 2 is 1.92 bits per heavy atom. The van der Waals surface area contributed by atoms with Crippen molar-refractivity contribution in [3.63, 3.8) is 0 Å². The lowest BCUT2D eigenvalue weighted by atomic mass is 9.87. The standard InChI is InChI=1S/C14H13F3N8/c15-14(16,17)13-10(22-8-1-7(19)2-8)3-11(24-25-13)23-12-6-20-9(4-18)5-21-12/h3,5-8H,1-2,19H2,(H2,21,22,23,24). The van der Waals surface area contributed by atoms with E-state index in [2.05, 4.69) is 30.8 Å². The first-order chi connectivity index (χ1) is 11.8. The first-order valence-corrected chi connectivity index (χ1v) is 7.31. The van der Waals surface area contributed by atoms with Crippen LogP contribution in [0.25, 0.3) is 0 Å². The summed E-state index contributed by atoms with van der Waals surface area (Å²) in [6, 6.07) is 2.88. The molecule has 0 amide bonds. The maximum atomic E-state index is 13.1. The molecule has 2 aromatic heterocycles. The van der Waals surface area contributed by atoms with Gasteiger partial charge >= 0.3 is 6.18 Å². The van der Waals surface area contributed by atoms with E-state index < -0.39 is 11.9 Å². The smallest absolute Gasteiger partial charge is 0.380 e. The van der Waals surface area contributed by atoms with Gasteiger partial charge in [-0.05, 0) is 12.8 Å². The van der Waals surface area contributed by atoms with Crippen molar-refractivity contribution in [1.29, 1.82) is 5.26 Å². The molecule has 4 N–H and O–H groups in total. The van der Waals surface area contributed by atoms with Crippen molar-refractivity contribution in [3.05, 3.63) is 29.8 Å². The largest absolute Gasteiger partial charge is 0.437 e. The second kappa shape index (κ2) is 6.48. The number of rotatable bonds is 4. The van der Waals surface area contributed by atoms with Gasteiger partial charge in [0.1, 0.15) is 11.9 Å². The van der Waals surface area contributed by atoms with Gasteiger partial charge in [0.15, 0.2) is 17.2 Å². The van der Waals surface area contributed by atoms with E-state index in [4.69, 9.17) is 11.0 Å². The fraction of sp³-hybridized carbons (Fsp3) is 0.357. The van der Waals surface area contributed by atoms with Crippen molar-refractivity contribution in [3.8, 4) is 6.07 Å². The summed E-state index contributed by atoms with van der Waals surface area (Å²) < 4.78 is 39.3. The minimum atomic E-state index is -4.63. The third-order valence-corrected chi connectivity index (χ3v) is 3.62. The molecular formula is C14H13F3N8. The lowest BCUT2D eigenvalue weighted by molar-refractivity contribution is -0.141. The highest BCUT2D eigenvalue weighted by molar-refractivity contribution is 5.60. The van der Waals surface area contributed by atoms with E-state index in [1.165, 1.54) is 18.5 Å². The summed E-state index contributed by atoms with van der Waals surface area (Å²) in [6.07, 6.45) is -0.953. The summed E-state index contributed by atoms with van der Waals surface area (Å²) >= 11 is 0. The first-order valence-electron chi connectivity index (χ1n) is 7.31. The van der Waals surface area contributed by atoms with Crippen LogP contribution in [0.1, 0.15) is 24.2 Å². The van der Waals surface area contributed by atoms with Gasteiger partial charge in [0, 0.05) is 18.2 Å². The van der Waals surface area contributed by atoms with E-state index >= 15 is 0 Å². The number of nitrogens with one attached hydrogen (secondary N) is 2. The molecule has 8 nitrogen and oxygen atoms in total. The Morgan fingerprint density at radius 1 is 1.16 bits per heavy atom. The zero-order valence-corrected chi connectivity index (χ0v) is 12.7. The molecule has 0 spiro atoms. The molecule has 0 unspecified atom stereocenters. The van der Waals surface area contributed by atoms with Gasteiger partial charge in [-0.25, -0.2) is 9.97 Å². The molecule has 1 aliphatic carbocycles. The Labute approximate surface area is 140 Å². The van der Waals surface area contributed by atoms with Crippen LogP contribution in [0.3, 0.4) is 0 Å². The van der Waals surface area contributed by atoms with Crippen LogP contribution in [-0.4, -0.2) is 32.2 Å². The molecule has 0 bridgehead atoms. The van der Waals surface area contributed by atoms with Gasteiger partial charge in [-0.2, -0.15) is 18.4 Å². The van der Waals surface area contributed by atoms with Gasteiger partial charge in [0.25, 0.3) is 0 Å². The molecule has 2 heterocycles. The van der Waals surface area contributed by atoms with Crippen molar-refractivity contribution < 1.29 is 13.2 Å². The van der Waals surface area contributed by atoms with Crippen LogP contribution in [0.15, 0.2) is 18.5 Å². The molecule has 2 aromatic rings. The predicted molar refractivity (Wildman–Crippen MR) is 81.7 cm³/mol. The molecule has 0 aromatic carbocycles. The number of anilines is 3. The molecule has 0 atom stereocenters. The average Bonchev–Trinajstić information content (AvgIpc) is 2.53. The molecule has 0 saturated heterocycles. The second-order valence-electron chi connectivity index (χ2n) is 5.59. The SMILES string of the molecule is N#Cc1cnc(Nc2cc(NC3CC(N)C3)c(C(F)(F)F)nn2)cn1. The maximum Gasteiger partial charge on any atom is 0.437 e. The number of alkyl halides is 3. The van der Waals surface area contributed by atoms with Crippen LogP contribution in [0, 0.1) is 11.3 Å². The normalized spacial score (nSPS) is 19.6. The van der Waals surface area contributed by atoms with Crippen molar-refractivity contribution in [2.45, 2.75) is 31.1 Å². The molecule has 11 heteroatoms. The first kappa shape index (κ1) is 16.8. The highest BCUT2D eigenvalue weighted by Gasteiger charge is 2.38. The number of halogens is 3. The van der Waals surface area contributed by atoms with Crippen LogP contribution < -0.4 is 16.4 Å². The zero-order valence-electron chi connectivity index (χ0n) is 12.7. The van der Waals surface area contributed by atoms with Gasteiger partial charge in [-0.15, -0.1) is 10.2 Å². The van der Waals surface area contributed by atoms with Gasteiger partial charge in [0.2, 0.25) is 0 Å². The number of aromatic nitrogens is 4. The van der Waals surface area contributed by atoms with E-state index in [9.17, 15) is 13.2 Å². The Morgan fingerprint density at radius 3 is 2.48 bits per heavy atom. The Balaban J connectivity index is 1.83. The summed E-state index contributed by atoms with van der Waals surface area (Å²) in [4.78, 5) is 7.73. The predicted octanol–water partition coefficient (Wildman–Crippen LogP) is 1.80. The van der Waals surface area contributed by atoms with Gasteiger partial charge < -0.3 is 16.4 Å². The fourth-order valence-electron chi connectivity index (χ4n) is 2.35. The minimum absolute atomic E-state index is 0.00634. The third kappa shape index (κ3) is 3.92. The van der Waals surface area contributed by atoms with E-state index in [1.807, 2.05) is 6.07 Å². The number of nitrogens with zero attached hydrogens (tertiary/aromatic N) is 5. The van der Waals surface area contributed by atoms with E-state index in [0.717, 1.165) is 0 Å². The average molecular weight is 350 g/mol. The number of nitriles is 1. The highest BCUT2D eigenvalue weighted by Crippen LogP contribution is 2.35. The monoisotopic (exact) mass is 350 g/mol. The number of hydrogen-bond donors (Lipinski definition) is 3. The topological polar surface area (TPSA) is 125 Å². The van der Waals surface area contributed by atoms with E-state index in [1.54, 1.807) is 0 Å². The Kier molecular flexibility index (Phi) is 4.37. The molecule has 130 valence electrons. The Bertz CT molecular complexity index is 793. The summed E-state index contributed by atoms with van der Waals surface area (Å²) in [5.74, 6) is 0.294. The van der Waals surface area contributed by atoms with Gasteiger partial charge in [-0.3, -0.25) is 0 Å². The van der Waals surface area contributed by atoms with E-state index in [-0.39, 0.29) is 35.1 Å². The number of nitrogens with two attached hydrogens (primary N) is 1. The molecule has 0 radical (unpaired) electrons. The number of hydrogen-bond acceptors (Lipinski definition) is 8. The lowest BCUT2D eigenvalue weighted by Crippen LogP contribution is -2.44. The minimum Gasteiger partial charge on any atom is -0.380 e. The van der Waals surface area contributed by atoms with Crippen LogP contribution >= 0.6 is 0 Å². The van der Waals surface area contributed by atoms with Crippen molar-refractivity contribution >= 4 is 17.3 Å². The Hall–Kier alpha value is -3.00. The highest BCUT2D eigenvalue weighted by atomic mass is 19.4. The molecule has 3 rings (SSSR count). The summed E-state index contributed by atoms with van der Waals surface area (Å²) in [5.41, 5.74) is 4.51. The van der Waals surface area contributed by atoms with Crippen molar-refractivity contribution in [2.24, 2.45) is 5.73 Å². The molecule has 25 heavy (non-hydrogen) atoms. The molecule has 1 saturated carbocycles. The van der Waals surface area contributed by atoms with Crippen LogP contribution in [0.4, 0.5) is 30.5 Å². The van der Waals surface area contributed by atoms with E-state index in [0.29, 0.717) is 12.8 Å². The second-order valence-corrected chi connectivity index (χ2v) is 5.59. The molecule has 1 fully saturated rings. The van der Waals surface area contributed by atoms with Crippen LogP contribution in [-0.2, 0) is 6.18 Å². The fourth-order valence-corrected chi connectivity index (χ4v) is 2.35. The van der Waals surface area contributed by atoms with Gasteiger partial charge in [0.05, 0.1) is 18.1 Å². The van der Waals surface area contributed by atoms with Crippen molar-refractivity contribution in [1.82, 2.24) is 20.2 Å². The zero-order chi connectivity index (χ0) is 18.0. The quantitative estimate of drug-likeness (QED) is 0.762. The van der Waals surface area contributed by atoms with Gasteiger partial charge in [-0.1, -0.05) is 0 Å². The van der Waals surface area contributed by atoms with Crippen molar-refractivity contribution in [2.75, 3.05) is 10.6 Å².